The monoisotopic (exact) mass is 609 g/mol. The number of hydrogen-bond donors (Lipinski definition) is 1. The van der Waals surface area contributed by atoms with Gasteiger partial charge in [0.1, 0.15) is 12.5 Å². The van der Waals surface area contributed by atoms with E-state index in [4.69, 9.17) is 4.74 Å². The first-order valence-corrected chi connectivity index (χ1v) is 16.3. The Bertz CT molecular complexity index is 1820. The van der Waals surface area contributed by atoms with Crippen molar-refractivity contribution in [1.82, 2.24) is 4.90 Å². The lowest BCUT2D eigenvalue weighted by Gasteiger charge is -2.41. The van der Waals surface area contributed by atoms with Crippen LogP contribution in [0.2, 0.25) is 0 Å². The summed E-state index contributed by atoms with van der Waals surface area (Å²) in [5.41, 5.74) is 5.69. The van der Waals surface area contributed by atoms with Crippen molar-refractivity contribution < 1.29 is 32.6 Å². The van der Waals surface area contributed by atoms with Crippen molar-refractivity contribution in [3.63, 3.8) is 0 Å². The van der Waals surface area contributed by atoms with Gasteiger partial charge in [-0.05, 0) is 58.0 Å². The van der Waals surface area contributed by atoms with E-state index in [-0.39, 0.29) is 42.7 Å². The highest BCUT2D eigenvalue weighted by atomic mass is 32.2. The summed E-state index contributed by atoms with van der Waals surface area (Å²) in [6.07, 6.45) is 1.39. The quantitative estimate of drug-likeness (QED) is 0.246. The SMILES string of the molecule is CS(=O)(=O)c1ccc([C@H]2[C@H](C(=O)O)c3ccccc3C(=O)N2CCCC(=O)OCC2c3ccccc3-c3ccccc32)cc1. The van der Waals surface area contributed by atoms with E-state index in [9.17, 15) is 27.9 Å². The summed E-state index contributed by atoms with van der Waals surface area (Å²) in [5, 5.41) is 10.3. The Hall–Kier alpha value is -4.76. The molecule has 0 aromatic heterocycles. The fourth-order valence-corrected chi connectivity index (χ4v) is 7.10. The van der Waals surface area contributed by atoms with Crippen molar-refractivity contribution >= 4 is 27.7 Å². The standard InChI is InChI=1S/C35H31NO7S/c1-44(41,42)23-18-16-22(17-19-23)33-32(35(39)40)28-13-6-7-14-29(28)34(38)36(33)20-8-15-31(37)43-21-30-26-11-4-2-9-24(26)25-10-3-5-12-27(25)30/h2-7,9-14,16-19,30,32-33H,8,15,20-21H2,1H3,(H,39,40)/t32-,33+/m1/s1. The van der Waals surface area contributed by atoms with Crippen LogP contribution in [0.15, 0.2) is 102 Å². The molecule has 1 heterocycles. The second-order valence-corrected chi connectivity index (χ2v) is 13.2. The Kier molecular flexibility index (Phi) is 7.82. The molecule has 0 fully saturated rings. The maximum Gasteiger partial charge on any atom is 0.313 e. The summed E-state index contributed by atoms with van der Waals surface area (Å²) in [7, 11) is -3.47. The van der Waals surface area contributed by atoms with Gasteiger partial charge in [-0.1, -0.05) is 78.9 Å². The number of nitrogens with zero attached hydrogens (tertiary/aromatic N) is 1. The topological polar surface area (TPSA) is 118 Å². The molecule has 6 rings (SSSR count). The highest BCUT2D eigenvalue weighted by Gasteiger charge is 2.44. The molecule has 44 heavy (non-hydrogen) atoms. The Labute approximate surface area is 255 Å². The summed E-state index contributed by atoms with van der Waals surface area (Å²) in [5.74, 6) is -3.00. The smallest absolute Gasteiger partial charge is 0.313 e. The largest absolute Gasteiger partial charge is 0.481 e. The van der Waals surface area contributed by atoms with Crippen molar-refractivity contribution in [3.8, 4) is 11.1 Å². The number of aliphatic carboxylic acids is 1. The van der Waals surface area contributed by atoms with Gasteiger partial charge in [-0.25, -0.2) is 8.42 Å². The number of carbonyl (C=O) groups is 3. The van der Waals surface area contributed by atoms with E-state index >= 15 is 0 Å². The molecule has 4 aromatic carbocycles. The summed E-state index contributed by atoms with van der Waals surface area (Å²) < 4.78 is 29.8. The zero-order chi connectivity index (χ0) is 31.0. The van der Waals surface area contributed by atoms with Gasteiger partial charge >= 0.3 is 11.9 Å². The lowest BCUT2D eigenvalue weighted by Crippen LogP contribution is -2.45. The number of ether oxygens (including phenoxy) is 1. The zero-order valence-corrected chi connectivity index (χ0v) is 24.9. The van der Waals surface area contributed by atoms with E-state index in [1.807, 2.05) is 24.3 Å². The molecule has 1 amide bonds. The molecule has 9 heteroatoms. The van der Waals surface area contributed by atoms with Crippen LogP contribution >= 0.6 is 0 Å². The average Bonchev–Trinajstić information content (AvgIpc) is 3.34. The second kappa shape index (κ2) is 11.7. The van der Waals surface area contributed by atoms with Crippen LogP contribution in [0.4, 0.5) is 0 Å². The minimum absolute atomic E-state index is 0.0406. The molecule has 2 aliphatic rings. The highest BCUT2D eigenvalue weighted by Crippen LogP contribution is 2.45. The van der Waals surface area contributed by atoms with Gasteiger partial charge in [-0.15, -0.1) is 0 Å². The number of sulfone groups is 1. The summed E-state index contributed by atoms with van der Waals surface area (Å²) in [4.78, 5) is 40.9. The fraction of sp³-hybridized carbons (Fsp3) is 0.229. The van der Waals surface area contributed by atoms with Crippen LogP contribution in [0.3, 0.4) is 0 Å². The van der Waals surface area contributed by atoms with Crippen LogP contribution in [0, 0.1) is 0 Å². The van der Waals surface area contributed by atoms with E-state index in [0.717, 1.165) is 28.5 Å². The van der Waals surface area contributed by atoms with E-state index in [1.165, 1.54) is 17.0 Å². The third-order valence-electron chi connectivity index (χ3n) is 8.51. The molecule has 0 unspecified atom stereocenters. The molecular formula is C35H31NO7S. The van der Waals surface area contributed by atoms with Gasteiger partial charge in [-0.2, -0.15) is 0 Å². The van der Waals surface area contributed by atoms with Crippen LogP contribution in [0.25, 0.3) is 11.1 Å². The van der Waals surface area contributed by atoms with Gasteiger partial charge in [0.15, 0.2) is 9.84 Å². The fourth-order valence-electron chi connectivity index (χ4n) is 6.47. The van der Waals surface area contributed by atoms with E-state index < -0.39 is 33.7 Å². The Balaban J connectivity index is 1.19. The maximum absolute atomic E-state index is 13.7. The van der Waals surface area contributed by atoms with Crippen molar-refractivity contribution in [2.24, 2.45) is 0 Å². The number of carboxylic acids is 1. The van der Waals surface area contributed by atoms with Gasteiger partial charge in [0.2, 0.25) is 0 Å². The van der Waals surface area contributed by atoms with Gasteiger partial charge in [0.25, 0.3) is 5.91 Å². The molecule has 1 aliphatic heterocycles. The van der Waals surface area contributed by atoms with Gasteiger partial charge in [-0.3, -0.25) is 14.4 Å². The first-order valence-electron chi connectivity index (χ1n) is 14.4. The molecule has 2 atom stereocenters. The molecule has 0 saturated heterocycles. The summed E-state index contributed by atoms with van der Waals surface area (Å²) in [6, 6.07) is 27.8. The van der Waals surface area contributed by atoms with Crippen molar-refractivity contribution in [2.75, 3.05) is 19.4 Å². The Morgan fingerprint density at radius 1 is 0.795 bits per heavy atom. The Morgan fingerprint density at radius 3 is 1.91 bits per heavy atom. The number of rotatable bonds is 9. The molecule has 0 radical (unpaired) electrons. The van der Waals surface area contributed by atoms with Gasteiger partial charge in [0.05, 0.1) is 10.9 Å². The van der Waals surface area contributed by atoms with Gasteiger partial charge in [0, 0.05) is 30.7 Å². The van der Waals surface area contributed by atoms with Crippen molar-refractivity contribution in [3.05, 3.63) is 125 Å². The minimum Gasteiger partial charge on any atom is -0.481 e. The molecule has 0 saturated carbocycles. The van der Waals surface area contributed by atoms with E-state index in [2.05, 4.69) is 24.3 Å². The number of amides is 1. The molecule has 8 nitrogen and oxygen atoms in total. The van der Waals surface area contributed by atoms with E-state index in [1.54, 1.807) is 36.4 Å². The first kappa shape index (κ1) is 29.3. The summed E-state index contributed by atoms with van der Waals surface area (Å²) >= 11 is 0. The molecule has 224 valence electrons. The number of carbonyl (C=O) groups excluding carboxylic acids is 2. The molecule has 0 bridgehead atoms. The van der Waals surface area contributed by atoms with Crippen LogP contribution in [-0.4, -0.2) is 55.7 Å². The number of benzene rings is 4. The average molecular weight is 610 g/mol. The lowest BCUT2D eigenvalue weighted by atomic mass is 9.79. The second-order valence-electron chi connectivity index (χ2n) is 11.2. The molecular weight excluding hydrogens is 578 g/mol. The normalized spacial score (nSPS) is 17.5. The van der Waals surface area contributed by atoms with Crippen molar-refractivity contribution in [2.45, 2.75) is 35.6 Å². The van der Waals surface area contributed by atoms with Crippen LogP contribution in [0.1, 0.15) is 63.3 Å². The predicted octanol–water partition coefficient (Wildman–Crippen LogP) is 5.59. The van der Waals surface area contributed by atoms with Gasteiger partial charge < -0.3 is 14.7 Å². The number of carboxylic acid groups (broad SMARTS) is 1. The molecule has 0 spiro atoms. The summed E-state index contributed by atoms with van der Waals surface area (Å²) in [6.45, 7) is 0.304. The van der Waals surface area contributed by atoms with Crippen LogP contribution < -0.4 is 0 Å². The zero-order valence-electron chi connectivity index (χ0n) is 24.1. The predicted molar refractivity (Wildman–Crippen MR) is 164 cm³/mol. The Morgan fingerprint density at radius 2 is 1.34 bits per heavy atom. The lowest BCUT2D eigenvalue weighted by molar-refractivity contribution is -0.144. The third-order valence-corrected chi connectivity index (χ3v) is 9.64. The highest BCUT2D eigenvalue weighted by molar-refractivity contribution is 7.90. The van der Waals surface area contributed by atoms with Crippen LogP contribution in [-0.2, 0) is 24.2 Å². The number of fused-ring (bicyclic) bond motifs is 4. The molecule has 1 N–H and O–H groups in total. The molecule has 4 aromatic rings. The minimum atomic E-state index is -3.47. The number of esters is 1. The van der Waals surface area contributed by atoms with E-state index in [0.29, 0.717) is 16.7 Å². The van der Waals surface area contributed by atoms with Crippen LogP contribution in [0.5, 0.6) is 0 Å². The molecule has 1 aliphatic carbocycles. The number of hydrogen-bond acceptors (Lipinski definition) is 6. The third kappa shape index (κ3) is 5.39. The van der Waals surface area contributed by atoms with Crippen molar-refractivity contribution in [1.29, 1.82) is 0 Å². The maximum atomic E-state index is 13.7. The first-order chi connectivity index (χ1) is 21.1.